The third-order valence-corrected chi connectivity index (χ3v) is 4.74. The Labute approximate surface area is 157 Å². The zero-order chi connectivity index (χ0) is 17.5. The highest BCUT2D eigenvalue weighted by Gasteiger charge is 2.11. The minimum atomic E-state index is 0.565. The Morgan fingerprint density at radius 1 is 1.20 bits per heavy atom. The lowest BCUT2D eigenvalue weighted by Crippen LogP contribution is -2.18. The number of hydrogen-bond acceptors (Lipinski definition) is 6. The molecule has 0 atom stereocenters. The number of halogens is 1. The first-order chi connectivity index (χ1) is 12.2. The van der Waals surface area contributed by atoms with Gasteiger partial charge in [0.15, 0.2) is 0 Å². The molecule has 2 aromatic rings. The van der Waals surface area contributed by atoms with Gasteiger partial charge in [0.05, 0.1) is 11.1 Å². The molecule has 1 aliphatic rings. The van der Waals surface area contributed by atoms with Crippen LogP contribution in [-0.4, -0.2) is 48.2 Å². The van der Waals surface area contributed by atoms with Crippen LogP contribution < -0.4 is 10.6 Å². The smallest absolute Gasteiger partial charge is 0.229 e. The van der Waals surface area contributed by atoms with Crippen molar-refractivity contribution >= 4 is 33.4 Å². The summed E-state index contributed by atoms with van der Waals surface area (Å²) in [4.78, 5) is 11.3. The third kappa shape index (κ3) is 5.39. The van der Waals surface area contributed by atoms with Crippen LogP contribution in [0.1, 0.15) is 18.4 Å². The summed E-state index contributed by atoms with van der Waals surface area (Å²) in [7, 11) is 1.68. The molecule has 2 heterocycles. The van der Waals surface area contributed by atoms with Crippen molar-refractivity contribution in [3.8, 4) is 0 Å². The molecule has 0 saturated carbocycles. The van der Waals surface area contributed by atoms with E-state index in [1.807, 2.05) is 0 Å². The molecule has 3 rings (SSSR count). The minimum Gasteiger partial charge on any atom is -0.383 e. The highest BCUT2D eigenvalue weighted by Crippen LogP contribution is 2.22. The number of nitrogens with zero attached hydrogens (tertiary/aromatic N) is 3. The second kappa shape index (κ2) is 9.12. The molecule has 1 aliphatic heterocycles. The molecule has 0 bridgehead atoms. The Bertz CT molecular complexity index is 674. The summed E-state index contributed by atoms with van der Waals surface area (Å²) >= 11 is 3.46. The van der Waals surface area contributed by atoms with E-state index >= 15 is 0 Å². The molecule has 1 saturated heterocycles. The molecule has 1 aromatic carbocycles. The van der Waals surface area contributed by atoms with Crippen molar-refractivity contribution in [2.45, 2.75) is 19.4 Å². The van der Waals surface area contributed by atoms with Gasteiger partial charge in [0.2, 0.25) is 5.95 Å². The van der Waals surface area contributed by atoms with Crippen LogP contribution >= 0.6 is 15.9 Å². The summed E-state index contributed by atoms with van der Waals surface area (Å²) in [5.74, 6) is 1.32. The first kappa shape index (κ1) is 18.1. The Balaban J connectivity index is 1.60. The van der Waals surface area contributed by atoms with Crippen LogP contribution in [0.3, 0.4) is 0 Å². The number of hydrogen-bond donors (Lipinski definition) is 2. The van der Waals surface area contributed by atoms with E-state index in [1.165, 1.54) is 31.5 Å². The van der Waals surface area contributed by atoms with E-state index in [4.69, 9.17) is 4.74 Å². The molecule has 1 fully saturated rings. The average molecular weight is 406 g/mol. The zero-order valence-corrected chi connectivity index (χ0v) is 16.1. The van der Waals surface area contributed by atoms with Gasteiger partial charge in [0.1, 0.15) is 5.82 Å². The number of benzene rings is 1. The molecule has 2 N–H and O–H groups in total. The second-order valence-corrected chi connectivity index (χ2v) is 6.97. The number of anilines is 3. The van der Waals surface area contributed by atoms with E-state index in [1.54, 1.807) is 13.3 Å². The van der Waals surface area contributed by atoms with Gasteiger partial charge in [0, 0.05) is 32.1 Å². The van der Waals surface area contributed by atoms with Crippen molar-refractivity contribution < 1.29 is 4.74 Å². The van der Waals surface area contributed by atoms with Gasteiger partial charge in [0.25, 0.3) is 0 Å². The quantitative estimate of drug-likeness (QED) is 0.653. The Morgan fingerprint density at radius 2 is 1.96 bits per heavy atom. The van der Waals surface area contributed by atoms with Crippen molar-refractivity contribution in [2.24, 2.45) is 0 Å². The van der Waals surface area contributed by atoms with Gasteiger partial charge in [-0.25, -0.2) is 4.98 Å². The number of methoxy groups -OCH3 is 1. The van der Waals surface area contributed by atoms with Gasteiger partial charge in [-0.15, -0.1) is 0 Å². The molecule has 0 unspecified atom stereocenters. The van der Waals surface area contributed by atoms with Crippen molar-refractivity contribution in [3.63, 3.8) is 0 Å². The van der Waals surface area contributed by atoms with E-state index in [-0.39, 0.29) is 0 Å². The largest absolute Gasteiger partial charge is 0.383 e. The Morgan fingerprint density at radius 3 is 2.68 bits per heavy atom. The van der Waals surface area contributed by atoms with Crippen LogP contribution in [0.2, 0.25) is 0 Å². The molecule has 0 amide bonds. The summed E-state index contributed by atoms with van der Waals surface area (Å²) in [6.07, 6.45) is 4.38. The lowest BCUT2D eigenvalue weighted by Gasteiger charge is -2.15. The molecule has 134 valence electrons. The fourth-order valence-corrected chi connectivity index (χ4v) is 3.18. The summed E-state index contributed by atoms with van der Waals surface area (Å²) in [5.41, 5.74) is 2.32. The van der Waals surface area contributed by atoms with E-state index < -0.39 is 0 Å². The molecule has 0 aliphatic carbocycles. The molecular formula is C18H24BrN5O. The van der Waals surface area contributed by atoms with Crippen molar-refractivity contribution in [2.75, 3.05) is 44.0 Å². The SMILES string of the molecule is COCCNc1nc(Nc2ccc(CN3CCCC3)cc2)ncc1Br. The van der Waals surface area contributed by atoms with Crippen molar-refractivity contribution in [1.29, 1.82) is 0 Å². The number of aromatic nitrogens is 2. The first-order valence-corrected chi connectivity index (χ1v) is 9.37. The predicted molar refractivity (Wildman–Crippen MR) is 104 cm³/mol. The Kier molecular flexibility index (Phi) is 6.61. The van der Waals surface area contributed by atoms with Crippen LogP contribution in [0.25, 0.3) is 0 Å². The maximum atomic E-state index is 5.05. The van der Waals surface area contributed by atoms with Gasteiger partial charge in [-0.1, -0.05) is 12.1 Å². The third-order valence-electron chi connectivity index (χ3n) is 4.16. The van der Waals surface area contributed by atoms with Gasteiger partial charge in [-0.2, -0.15) is 4.98 Å². The summed E-state index contributed by atoms with van der Waals surface area (Å²) < 4.78 is 5.88. The topological polar surface area (TPSA) is 62.3 Å². The average Bonchev–Trinajstić information content (AvgIpc) is 3.13. The summed E-state index contributed by atoms with van der Waals surface area (Å²) in [5, 5.41) is 6.48. The van der Waals surface area contributed by atoms with E-state index in [2.05, 4.69) is 65.7 Å². The monoisotopic (exact) mass is 405 g/mol. The molecule has 0 radical (unpaired) electrons. The van der Waals surface area contributed by atoms with Crippen LogP contribution in [0.15, 0.2) is 34.9 Å². The lowest BCUT2D eigenvalue weighted by atomic mass is 10.2. The molecular weight excluding hydrogens is 382 g/mol. The van der Waals surface area contributed by atoms with Crippen LogP contribution in [-0.2, 0) is 11.3 Å². The number of rotatable bonds is 8. The molecule has 6 nitrogen and oxygen atoms in total. The fourth-order valence-electron chi connectivity index (χ4n) is 2.84. The molecule has 7 heteroatoms. The highest BCUT2D eigenvalue weighted by molar-refractivity contribution is 9.10. The highest BCUT2D eigenvalue weighted by atomic mass is 79.9. The maximum absolute atomic E-state index is 5.05. The number of likely N-dealkylation sites (tertiary alicyclic amines) is 1. The minimum absolute atomic E-state index is 0.565. The number of ether oxygens (including phenoxy) is 1. The summed E-state index contributed by atoms with van der Waals surface area (Å²) in [6, 6.07) is 8.48. The van der Waals surface area contributed by atoms with Crippen LogP contribution in [0.5, 0.6) is 0 Å². The molecule has 1 aromatic heterocycles. The lowest BCUT2D eigenvalue weighted by molar-refractivity contribution is 0.210. The van der Waals surface area contributed by atoms with Gasteiger partial charge < -0.3 is 15.4 Å². The van der Waals surface area contributed by atoms with Gasteiger partial charge in [-0.05, 0) is 59.6 Å². The maximum Gasteiger partial charge on any atom is 0.229 e. The van der Waals surface area contributed by atoms with Crippen molar-refractivity contribution in [3.05, 3.63) is 40.5 Å². The van der Waals surface area contributed by atoms with Crippen LogP contribution in [0.4, 0.5) is 17.5 Å². The standard InChI is InChI=1S/C18H24BrN5O/c1-25-11-8-20-17-16(19)12-21-18(23-17)22-15-6-4-14(5-7-15)13-24-9-2-3-10-24/h4-7,12H,2-3,8-11,13H2,1H3,(H2,20,21,22,23). The summed E-state index contributed by atoms with van der Waals surface area (Å²) in [6.45, 7) is 4.77. The Hall–Kier alpha value is -1.70. The zero-order valence-electron chi connectivity index (χ0n) is 14.5. The van der Waals surface area contributed by atoms with E-state index in [9.17, 15) is 0 Å². The van der Waals surface area contributed by atoms with Gasteiger partial charge >= 0.3 is 0 Å². The van der Waals surface area contributed by atoms with Gasteiger partial charge in [-0.3, -0.25) is 4.90 Å². The van der Waals surface area contributed by atoms with Crippen LogP contribution in [0, 0.1) is 0 Å². The first-order valence-electron chi connectivity index (χ1n) is 8.58. The number of nitrogens with one attached hydrogen (secondary N) is 2. The van der Waals surface area contributed by atoms with Crippen molar-refractivity contribution in [1.82, 2.24) is 14.9 Å². The van der Waals surface area contributed by atoms with E-state index in [0.717, 1.165) is 22.5 Å². The predicted octanol–water partition coefficient (Wildman–Crippen LogP) is 3.64. The molecule has 25 heavy (non-hydrogen) atoms. The van der Waals surface area contributed by atoms with E-state index in [0.29, 0.717) is 19.1 Å². The normalized spacial score (nSPS) is 14.6. The molecule has 0 spiro atoms. The second-order valence-electron chi connectivity index (χ2n) is 6.11. The fraction of sp³-hybridized carbons (Fsp3) is 0.444.